The molecule has 16 nitrogen and oxygen atoms in total. The lowest BCUT2D eigenvalue weighted by molar-refractivity contribution is -0.384. The lowest BCUT2D eigenvalue weighted by Crippen LogP contribution is -2.60. The summed E-state index contributed by atoms with van der Waals surface area (Å²) in [5.41, 5.74) is 1.29. The van der Waals surface area contributed by atoms with E-state index >= 15 is 0 Å². The summed E-state index contributed by atoms with van der Waals surface area (Å²) >= 11 is 0. The van der Waals surface area contributed by atoms with Crippen molar-refractivity contribution in [1.82, 2.24) is 30.1 Å². The number of rotatable bonds is 18. The maximum atomic E-state index is 13.2. The lowest BCUT2D eigenvalue weighted by Gasteiger charge is -2.40. The molecule has 2 aromatic carbocycles. The molecule has 0 spiro atoms. The molecule has 1 aromatic heterocycles. The summed E-state index contributed by atoms with van der Waals surface area (Å²) in [6.45, 7) is 3.59. The molecule has 16 heteroatoms. The maximum Gasteiger partial charge on any atom is 0.415 e. The third-order valence-electron chi connectivity index (χ3n) is 7.39. The smallest absolute Gasteiger partial charge is 0.410 e. The Morgan fingerprint density at radius 2 is 1.81 bits per heavy atom. The highest BCUT2D eigenvalue weighted by Gasteiger charge is 2.34. The predicted molar refractivity (Wildman–Crippen MR) is 169 cm³/mol. The highest BCUT2D eigenvalue weighted by atomic mass is 16.6. The molecule has 0 radical (unpaired) electrons. The van der Waals surface area contributed by atoms with E-state index in [-0.39, 0.29) is 62.3 Å². The molecule has 1 N–H and O–H groups in total. The summed E-state index contributed by atoms with van der Waals surface area (Å²) in [5, 5.41) is 22.1. The van der Waals surface area contributed by atoms with E-state index in [1.54, 1.807) is 41.1 Å². The average Bonchev–Trinajstić information content (AvgIpc) is 3.55. The number of ether oxygens (including phenoxy) is 4. The van der Waals surface area contributed by atoms with E-state index in [2.05, 4.69) is 27.8 Å². The number of amides is 3. The number of aromatic nitrogens is 3. The van der Waals surface area contributed by atoms with Gasteiger partial charge in [0.1, 0.15) is 5.75 Å². The van der Waals surface area contributed by atoms with Crippen molar-refractivity contribution < 1.29 is 38.3 Å². The van der Waals surface area contributed by atoms with Gasteiger partial charge in [-0.1, -0.05) is 17.3 Å². The summed E-state index contributed by atoms with van der Waals surface area (Å²) in [6.07, 6.45) is 1.76. The van der Waals surface area contributed by atoms with Crippen LogP contribution in [0.25, 0.3) is 0 Å². The Morgan fingerprint density at radius 3 is 2.54 bits per heavy atom. The number of aryl methyl sites for hydroxylation is 1. The van der Waals surface area contributed by atoms with Crippen molar-refractivity contribution in [3.8, 4) is 5.75 Å². The zero-order chi connectivity index (χ0) is 34.1. The number of methoxy groups -OCH3 is 1. The molecule has 48 heavy (non-hydrogen) atoms. The van der Waals surface area contributed by atoms with Gasteiger partial charge in [0.25, 0.3) is 5.69 Å². The standard InChI is InChI=1S/C32H39N7O9/c1-45-17-18-47-20-19-46-16-15-37-23-26(34-35-37)7-12-31(41)36-13-14-38(32(42)48-29-10-8-27(9-11-29)39(43)44)28(24-36)22-33-30(40)21-25-5-3-2-4-6-25/h3,5-6,8-11,23,28H,7,12-22,24H2,1H3,(H,33,40). The molecule has 1 unspecified atom stereocenters. The lowest BCUT2D eigenvalue weighted by atomic mass is 10.1. The number of hydrogen-bond acceptors (Lipinski definition) is 11. The molecule has 0 aliphatic carbocycles. The van der Waals surface area contributed by atoms with Crippen molar-refractivity contribution >= 4 is 23.6 Å². The highest BCUT2D eigenvalue weighted by molar-refractivity contribution is 5.79. The van der Waals surface area contributed by atoms with Gasteiger partial charge in [0.15, 0.2) is 0 Å². The van der Waals surface area contributed by atoms with Crippen molar-refractivity contribution in [1.29, 1.82) is 0 Å². The van der Waals surface area contributed by atoms with Crippen LogP contribution < -0.4 is 10.1 Å². The van der Waals surface area contributed by atoms with Gasteiger partial charge in [0.05, 0.1) is 62.7 Å². The SMILES string of the molecule is COCCOCCOCCn1cc(CCC(=O)N2CCN(C(=O)Oc3ccc([N+](=O)[O-])cc3)C(CNC(=O)Cc3cc#ccc3)C2)nn1. The summed E-state index contributed by atoms with van der Waals surface area (Å²) in [7, 11) is 1.61. The van der Waals surface area contributed by atoms with E-state index in [1.165, 1.54) is 29.2 Å². The second kappa shape index (κ2) is 18.9. The van der Waals surface area contributed by atoms with Gasteiger partial charge < -0.3 is 29.2 Å². The summed E-state index contributed by atoms with van der Waals surface area (Å²) in [4.78, 5) is 52.7. The van der Waals surface area contributed by atoms with Crippen LogP contribution >= 0.6 is 0 Å². The van der Waals surface area contributed by atoms with E-state index < -0.39 is 17.1 Å². The number of benzene rings is 1. The van der Waals surface area contributed by atoms with Crippen molar-refractivity contribution in [3.05, 3.63) is 82.2 Å². The van der Waals surface area contributed by atoms with Crippen LogP contribution in [0.1, 0.15) is 17.7 Å². The fraction of sp³-hybridized carbons (Fsp3) is 0.469. The first-order valence-electron chi connectivity index (χ1n) is 15.5. The summed E-state index contributed by atoms with van der Waals surface area (Å²) in [5.74, 6) is -0.252. The molecule has 4 rings (SSSR count). The highest BCUT2D eigenvalue weighted by Crippen LogP contribution is 2.20. The molecule has 3 amide bonds. The molecule has 3 aromatic rings. The average molecular weight is 666 g/mol. The van der Waals surface area contributed by atoms with Gasteiger partial charge in [0.2, 0.25) is 11.8 Å². The van der Waals surface area contributed by atoms with Crippen molar-refractivity contribution in [3.63, 3.8) is 0 Å². The molecule has 1 atom stereocenters. The molecule has 1 saturated heterocycles. The number of non-ortho nitro benzene ring substituents is 1. The maximum absolute atomic E-state index is 13.2. The first-order chi connectivity index (χ1) is 23.3. The molecule has 0 saturated carbocycles. The van der Waals surface area contributed by atoms with Gasteiger partial charge in [-0.15, -0.1) is 5.10 Å². The quantitative estimate of drug-likeness (QED) is 0.118. The second-order valence-corrected chi connectivity index (χ2v) is 10.8. The van der Waals surface area contributed by atoms with Crippen LogP contribution in [0.5, 0.6) is 5.75 Å². The van der Waals surface area contributed by atoms with Crippen LogP contribution in [-0.2, 0) is 43.2 Å². The van der Waals surface area contributed by atoms with Crippen LogP contribution in [0.2, 0.25) is 0 Å². The number of piperazine rings is 1. The Morgan fingerprint density at radius 1 is 1.04 bits per heavy atom. The Kier molecular flexibility index (Phi) is 14.1. The van der Waals surface area contributed by atoms with Crippen LogP contribution in [-0.4, -0.2) is 120 Å². The topological polar surface area (TPSA) is 180 Å². The van der Waals surface area contributed by atoms with E-state index in [9.17, 15) is 24.5 Å². The van der Waals surface area contributed by atoms with Gasteiger partial charge in [-0.3, -0.25) is 24.6 Å². The molecule has 1 aliphatic heterocycles. The zero-order valence-electron chi connectivity index (χ0n) is 26.7. The number of nitro groups is 1. The largest absolute Gasteiger partial charge is 0.415 e. The van der Waals surface area contributed by atoms with Crippen LogP contribution in [0, 0.1) is 22.2 Å². The Hall–Kier alpha value is -5.11. The van der Waals surface area contributed by atoms with Crippen molar-refractivity contribution in [2.24, 2.45) is 0 Å². The normalized spacial score (nSPS) is 14.3. The first kappa shape index (κ1) is 35.7. The monoisotopic (exact) mass is 665 g/mol. The van der Waals surface area contributed by atoms with E-state index in [0.717, 1.165) is 5.56 Å². The Labute approximate surface area is 278 Å². The van der Waals surface area contributed by atoms with Crippen LogP contribution in [0.3, 0.4) is 0 Å². The molecular weight excluding hydrogens is 626 g/mol. The summed E-state index contributed by atoms with van der Waals surface area (Å²) in [6, 6.07) is 15.3. The van der Waals surface area contributed by atoms with E-state index in [1.807, 2.05) is 0 Å². The molecule has 1 fully saturated rings. The van der Waals surface area contributed by atoms with Gasteiger partial charge in [-0.05, 0) is 35.9 Å². The van der Waals surface area contributed by atoms with Crippen LogP contribution in [0.4, 0.5) is 10.5 Å². The fourth-order valence-electron chi connectivity index (χ4n) is 4.84. The van der Waals surface area contributed by atoms with Gasteiger partial charge in [-0.2, -0.15) is 0 Å². The summed E-state index contributed by atoms with van der Waals surface area (Å²) < 4.78 is 23.0. The molecule has 1 aliphatic rings. The van der Waals surface area contributed by atoms with Crippen molar-refractivity contribution in [2.75, 3.05) is 66.3 Å². The van der Waals surface area contributed by atoms with E-state index in [0.29, 0.717) is 51.7 Å². The van der Waals surface area contributed by atoms with E-state index in [4.69, 9.17) is 18.9 Å². The molecule has 256 valence electrons. The number of nitrogens with one attached hydrogen (secondary N) is 1. The minimum atomic E-state index is -0.692. The number of nitrogens with zero attached hydrogens (tertiary/aromatic N) is 6. The second-order valence-electron chi connectivity index (χ2n) is 10.8. The Balaban J connectivity index is 1.28. The fourth-order valence-corrected chi connectivity index (χ4v) is 4.84. The minimum absolute atomic E-state index is 0.0797. The first-order valence-corrected chi connectivity index (χ1v) is 15.5. The Bertz CT molecular complexity index is 1470. The number of nitro benzene ring substituents is 1. The van der Waals surface area contributed by atoms with Gasteiger partial charge >= 0.3 is 6.09 Å². The van der Waals surface area contributed by atoms with Gasteiger partial charge in [0, 0.05) is 64.5 Å². The van der Waals surface area contributed by atoms with Crippen LogP contribution in [0.15, 0.2) is 48.7 Å². The van der Waals surface area contributed by atoms with Gasteiger partial charge in [-0.25, -0.2) is 9.48 Å². The number of carbonyl (C=O) groups excluding carboxylic acids is 3. The predicted octanol–water partition coefficient (Wildman–Crippen LogP) is 1.47. The molecule has 0 bridgehead atoms. The van der Waals surface area contributed by atoms with Crippen molar-refractivity contribution in [2.45, 2.75) is 31.8 Å². The third-order valence-corrected chi connectivity index (χ3v) is 7.39. The zero-order valence-corrected chi connectivity index (χ0v) is 26.7. The molecule has 2 heterocycles. The minimum Gasteiger partial charge on any atom is -0.410 e. The number of carbonyl (C=O) groups is 3. The molecular formula is C32H39N7O9. The number of hydrogen-bond donors (Lipinski definition) is 1. The third kappa shape index (κ3) is 11.6.